The number of hydrogen-bond donors (Lipinski definition) is 3. The highest BCUT2D eigenvalue weighted by atomic mass is 16.5. The van der Waals surface area contributed by atoms with Crippen molar-refractivity contribution in [3.63, 3.8) is 0 Å². The third-order valence-electron chi connectivity index (χ3n) is 3.85. The standard InChI is InChI=1S/C17H26N2O3/c1-12(2)11-15(16(18)20)14(17(21)19-22)10-6-9-13-7-4-3-5-8-13/h3-5,7-8,12,14-15,22H,6,9-11H2,1-2H3,(H2,18,20)(H,19,21). The van der Waals surface area contributed by atoms with Crippen LogP contribution in [0.3, 0.4) is 0 Å². The fraction of sp³-hybridized carbons (Fsp3) is 0.529. The van der Waals surface area contributed by atoms with Crippen LogP contribution in [0.1, 0.15) is 38.7 Å². The van der Waals surface area contributed by atoms with Crippen LogP contribution in [0.25, 0.3) is 0 Å². The molecule has 2 atom stereocenters. The third-order valence-corrected chi connectivity index (χ3v) is 3.85. The molecule has 1 aromatic carbocycles. The molecular weight excluding hydrogens is 280 g/mol. The van der Waals surface area contributed by atoms with Gasteiger partial charge in [0, 0.05) is 5.92 Å². The Kier molecular flexibility index (Phi) is 7.60. The van der Waals surface area contributed by atoms with E-state index in [0.29, 0.717) is 12.8 Å². The lowest BCUT2D eigenvalue weighted by atomic mass is 9.81. The van der Waals surface area contributed by atoms with Crippen molar-refractivity contribution in [2.75, 3.05) is 0 Å². The molecule has 22 heavy (non-hydrogen) atoms. The number of nitrogens with one attached hydrogen (secondary N) is 1. The smallest absolute Gasteiger partial charge is 0.247 e. The molecule has 1 rings (SSSR count). The molecule has 0 aliphatic carbocycles. The Labute approximate surface area is 131 Å². The molecule has 2 unspecified atom stereocenters. The molecular formula is C17H26N2O3. The zero-order valence-electron chi connectivity index (χ0n) is 13.3. The summed E-state index contributed by atoms with van der Waals surface area (Å²) in [7, 11) is 0. The topological polar surface area (TPSA) is 92.4 Å². The van der Waals surface area contributed by atoms with Crippen molar-refractivity contribution in [1.82, 2.24) is 5.48 Å². The number of carbonyl (C=O) groups is 2. The van der Waals surface area contributed by atoms with Crippen molar-refractivity contribution in [1.29, 1.82) is 0 Å². The molecule has 2 amide bonds. The van der Waals surface area contributed by atoms with Crippen molar-refractivity contribution in [3.05, 3.63) is 35.9 Å². The lowest BCUT2D eigenvalue weighted by molar-refractivity contribution is -0.140. The van der Waals surface area contributed by atoms with Gasteiger partial charge in [0.05, 0.1) is 5.92 Å². The summed E-state index contributed by atoms with van der Waals surface area (Å²) in [6, 6.07) is 9.95. The summed E-state index contributed by atoms with van der Waals surface area (Å²) in [5.74, 6) is -1.91. The highest BCUT2D eigenvalue weighted by molar-refractivity contribution is 5.86. The van der Waals surface area contributed by atoms with Gasteiger partial charge in [-0.3, -0.25) is 14.8 Å². The van der Waals surface area contributed by atoms with Gasteiger partial charge < -0.3 is 5.73 Å². The highest BCUT2D eigenvalue weighted by Crippen LogP contribution is 2.25. The second-order valence-corrected chi connectivity index (χ2v) is 6.10. The van der Waals surface area contributed by atoms with E-state index in [-0.39, 0.29) is 5.92 Å². The lowest BCUT2D eigenvalue weighted by Crippen LogP contribution is -2.40. The molecule has 0 fully saturated rings. The second-order valence-electron chi connectivity index (χ2n) is 6.10. The van der Waals surface area contributed by atoms with Gasteiger partial charge in [0.15, 0.2) is 0 Å². The maximum absolute atomic E-state index is 11.9. The molecule has 0 spiro atoms. The Morgan fingerprint density at radius 2 is 1.82 bits per heavy atom. The van der Waals surface area contributed by atoms with E-state index < -0.39 is 23.7 Å². The summed E-state index contributed by atoms with van der Waals surface area (Å²) in [5, 5.41) is 8.93. The van der Waals surface area contributed by atoms with Crippen LogP contribution >= 0.6 is 0 Å². The maximum atomic E-state index is 11.9. The summed E-state index contributed by atoms with van der Waals surface area (Å²) in [4.78, 5) is 23.6. The van der Waals surface area contributed by atoms with Crippen molar-refractivity contribution in [2.24, 2.45) is 23.5 Å². The number of aryl methyl sites for hydroxylation is 1. The Morgan fingerprint density at radius 1 is 1.18 bits per heavy atom. The minimum Gasteiger partial charge on any atom is -0.369 e. The Bertz CT molecular complexity index is 474. The van der Waals surface area contributed by atoms with Crippen LogP contribution in [-0.2, 0) is 16.0 Å². The molecule has 5 heteroatoms. The van der Waals surface area contributed by atoms with Crippen molar-refractivity contribution >= 4 is 11.8 Å². The molecule has 122 valence electrons. The van der Waals surface area contributed by atoms with E-state index in [1.165, 1.54) is 5.56 Å². The maximum Gasteiger partial charge on any atom is 0.247 e. The predicted octanol–water partition coefficient (Wildman–Crippen LogP) is 2.28. The number of benzene rings is 1. The first-order valence-electron chi connectivity index (χ1n) is 7.72. The zero-order valence-corrected chi connectivity index (χ0v) is 13.3. The Morgan fingerprint density at radius 3 is 2.32 bits per heavy atom. The van der Waals surface area contributed by atoms with Gasteiger partial charge in [-0.05, 0) is 37.2 Å². The summed E-state index contributed by atoms with van der Waals surface area (Å²) in [5.41, 5.74) is 8.32. The summed E-state index contributed by atoms with van der Waals surface area (Å²) in [6.07, 6.45) is 2.63. The second kappa shape index (κ2) is 9.20. The number of amides is 2. The van der Waals surface area contributed by atoms with E-state index in [1.807, 2.05) is 44.2 Å². The van der Waals surface area contributed by atoms with Crippen LogP contribution in [0.5, 0.6) is 0 Å². The van der Waals surface area contributed by atoms with Gasteiger partial charge in [-0.1, -0.05) is 44.2 Å². The zero-order chi connectivity index (χ0) is 16.5. The average Bonchev–Trinajstić information content (AvgIpc) is 2.49. The van der Waals surface area contributed by atoms with Gasteiger partial charge in [-0.2, -0.15) is 0 Å². The van der Waals surface area contributed by atoms with Gasteiger partial charge in [-0.25, -0.2) is 5.48 Å². The van der Waals surface area contributed by atoms with Crippen LogP contribution in [0.15, 0.2) is 30.3 Å². The minimum atomic E-state index is -0.589. The van der Waals surface area contributed by atoms with Crippen LogP contribution in [0.4, 0.5) is 0 Å². The normalized spacial score (nSPS) is 13.6. The number of nitrogens with two attached hydrogens (primary N) is 1. The van der Waals surface area contributed by atoms with Gasteiger partial charge >= 0.3 is 0 Å². The first-order chi connectivity index (χ1) is 10.5. The fourth-order valence-electron chi connectivity index (χ4n) is 2.76. The molecule has 0 aliphatic heterocycles. The van der Waals surface area contributed by atoms with Crippen LogP contribution in [0.2, 0.25) is 0 Å². The van der Waals surface area contributed by atoms with Crippen molar-refractivity contribution in [3.8, 4) is 0 Å². The number of primary amides is 1. The molecule has 0 heterocycles. The first-order valence-corrected chi connectivity index (χ1v) is 7.72. The molecule has 0 saturated heterocycles. The number of hydroxylamine groups is 1. The number of carbonyl (C=O) groups excluding carboxylic acids is 2. The monoisotopic (exact) mass is 306 g/mol. The van der Waals surface area contributed by atoms with Gasteiger partial charge in [0.25, 0.3) is 0 Å². The summed E-state index contributed by atoms with van der Waals surface area (Å²) in [6.45, 7) is 3.96. The number of rotatable bonds is 9. The van der Waals surface area contributed by atoms with E-state index in [1.54, 1.807) is 5.48 Å². The van der Waals surface area contributed by atoms with Gasteiger partial charge in [0.1, 0.15) is 0 Å². The van der Waals surface area contributed by atoms with E-state index in [9.17, 15) is 9.59 Å². The highest BCUT2D eigenvalue weighted by Gasteiger charge is 2.32. The minimum absolute atomic E-state index is 0.251. The van der Waals surface area contributed by atoms with E-state index in [4.69, 9.17) is 10.9 Å². The van der Waals surface area contributed by atoms with Crippen LogP contribution in [-0.4, -0.2) is 17.0 Å². The molecule has 0 saturated carbocycles. The first kappa shape index (κ1) is 18.2. The Balaban J connectivity index is 2.70. The number of hydrogen-bond acceptors (Lipinski definition) is 3. The van der Waals surface area contributed by atoms with E-state index in [2.05, 4.69) is 0 Å². The molecule has 0 aromatic heterocycles. The molecule has 1 aromatic rings. The third kappa shape index (κ3) is 5.85. The fourth-order valence-corrected chi connectivity index (χ4v) is 2.76. The van der Waals surface area contributed by atoms with Crippen molar-refractivity contribution < 1.29 is 14.8 Å². The molecule has 4 N–H and O–H groups in total. The SMILES string of the molecule is CC(C)CC(C(N)=O)C(CCCc1ccccc1)C(=O)NO. The largest absolute Gasteiger partial charge is 0.369 e. The molecule has 0 aliphatic rings. The van der Waals surface area contributed by atoms with E-state index in [0.717, 1.165) is 12.8 Å². The quantitative estimate of drug-likeness (QED) is 0.483. The van der Waals surface area contributed by atoms with Gasteiger partial charge in [0.2, 0.25) is 11.8 Å². The van der Waals surface area contributed by atoms with E-state index >= 15 is 0 Å². The molecule has 5 nitrogen and oxygen atoms in total. The predicted molar refractivity (Wildman–Crippen MR) is 84.9 cm³/mol. The van der Waals surface area contributed by atoms with Crippen molar-refractivity contribution in [2.45, 2.75) is 39.5 Å². The lowest BCUT2D eigenvalue weighted by Gasteiger charge is -2.24. The average molecular weight is 306 g/mol. The van der Waals surface area contributed by atoms with Gasteiger partial charge in [-0.15, -0.1) is 0 Å². The summed E-state index contributed by atoms with van der Waals surface area (Å²) >= 11 is 0. The Hall–Kier alpha value is -1.88. The molecule has 0 bridgehead atoms. The van der Waals surface area contributed by atoms with Crippen LogP contribution < -0.4 is 11.2 Å². The summed E-state index contributed by atoms with van der Waals surface area (Å²) < 4.78 is 0. The molecule has 0 radical (unpaired) electrons. The van der Waals surface area contributed by atoms with Crippen LogP contribution in [0, 0.1) is 17.8 Å².